The number of aliphatic hydroxyl groups excluding tert-OH is 1. The second-order valence-electron chi connectivity index (χ2n) is 3.48. The van der Waals surface area contributed by atoms with Gasteiger partial charge in [-0.15, -0.1) is 6.10 Å². The van der Waals surface area contributed by atoms with Crippen molar-refractivity contribution in [2.45, 2.75) is 32.9 Å². The monoisotopic (exact) mass is 748 g/mol. The molecule has 9 heteroatoms. The maximum absolute atomic E-state index is 11.7. The van der Waals surface area contributed by atoms with Crippen molar-refractivity contribution in [3.8, 4) is 0 Å². The molecular weight excluding hydrogens is 735 g/mol. The summed E-state index contributed by atoms with van der Waals surface area (Å²) in [4.78, 5) is 9.28. The van der Waals surface area contributed by atoms with Gasteiger partial charge in [-0.1, -0.05) is 6.92 Å². The Morgan fingerprint density at radius 2 is 1.60 bits per heavy atom. The normalized spacial score (nSPS) is 10.3. The van der Waals surface area contributed by atoms with Crippen LogP contribution in [0.2, 0.25) is 0 Å². The van der Waals surface area contributed by atoms with E-state index in [1.54, 1.807) is 13.2 Å². The summed E-state index contributed by atoms with van der Waals surface area (Å²) in [6.07, 6.45) is -8.62. The van der Waals surface area contributed by atoms with Gasteiger partial charge in [0.05, 0.1) is 0 Å². The molecule has 0 aliphatic rings. The molecule has 0 radical (unpaired) electrons. The summed E-state index contributed by atoms with van der Waals surface area (Å²) in [5, 5.41) is 8.39. The molecule has 2 nitrogen and oxygen atoms in total. The van der Waals surface area contributed by atoms with E-state index in [0.717, 1.165) is 6.92 Å². The molecule has 0 saturated carbocycles. The van der Waals surface area contributed by atoms with Crippen LogP contribution in [0.4, 0.5) is 22.0 Å². The summed E-state index contributed by atoms with van der Waals surface area (Å²) in [6, 6.07) is 0. The molecule has 0 aromatic rings. The minimum Gasteiger partial charge on any atom is -0.557 e. The van der Waals surface area contributed by atoms with Crippen LogP contribution >= 0.6 is 0 Å². The topological polar surface area (TPSA) is 37.3 Å². The average molecular weight is 748 g/mol. The largest absolute Gasteiger partial charge is 2.00 e. The zero-order valence-electron chi connectivity index (χ0n) is 10.9. The molecule has 0 spiro atoms. The van der Waals surface area contributed by atoms with Crippen LogP contribution in [-0.4, -0.2) is 17.6 Å². The maximum atomic E-state index is 11.7. The summed E-state index contributed by atoms with van der Waals surface area (Å²) in [7, 11) is 0. The molecule has 0 atom stereocenters. The van der Waals surface area contributed by atoms with Crippen molar-refractivity contribution < 1.29 is 94.1 Å². The number of aliphatic hydroxyl groups is 1. The number of carbonyl (C=O) groups excluding carboxylic acids is 1. The number of allylic oxidation sites excluding steroid dienone is 1. The first-order valence-electron chi connectivity index (χ1n) is 4.64. The van der Waals surface area contributed by atoms with Gasteiger partial charge in [-0.2, -0.15) is 12.5 Å². The van der Waals surface area contributed by atoms with Gasteiger partial charge in [-0.25, -0.2) is 19.8 Å². The Balaban J connectivity index is -0.000000158. The number of alkyl halides is 3. The van der Waals surface area contributed by atoms with E-state index in [4.69, 9.17) is 5.11 Å². The third kappa shape index (κ3) is 21.4. The van der Waals surface area contributed by atoms with Crippen molar-refractivity contribution >= 4 is 6.29 Å². The Hall–Kier alpha value is 1.12. The standard InChI is InChI=1S/C7H8F5O.C4H5O.2U/c1-4(3-6(8)9)2-5(13)7(10,11)12;1-4(2)3-5;;/h13H,2-3H2,1H3;1H2,2H3;;/q-3;-1;2*+2. The van der Waals surface area contributed by atoms with Gasteiger partial charge in [0.1, 0.15) is 0 Å². The third-order valence-electron chi connectivity index (χ3n) is 1.41. The fourth-order valence-corrected chi connectivity index (χ4v) is 0.677. The summed E-state index contributed by atoms with van der Waals surface area (Å²) in [5.41, 5.74) is 0.449. The molecule has 112 valence electrons. The minimum atomic E-state index is -4.83. The zero-order valence-corrected chi connectivity index (χ0v) is 19.2. The first kappa shape index (κ1) is 29.2. The minimum absolute atomic E-state index is 0. The first-order chi connectivity index (χ1) is 8.00. The zero-order chi connectivity index (χ0) is 14.9. The Morgan fingerprint density at radius 3 is 1.80 bits per heavy atom. The van der Waals surface area contributed by atoms with Gasteiger partial charge in [0.15, 0.2) is 0 Å². The Kier molecular flexibility index (Phi) is 21.9. The van der Waals surface area contributed by atoms with Crippen LogP contribution in [0.5, 0.6) is 0 Å². The van der Waals surface area contributed by atoms with Crippen molar-refractivity contribution in [3.63, 3.8) is 0 Å². The van der Waals surface area contributed by atoms with Gasteiger partial charge >= 0.3 is 62.2 Å². The molecule has 0 rings (SSSR count). The van der Waals surface area contributed by atoms with E-state index in [-0.39, 0.29) is 68.1 Å². The molecule has 0 bridgehead atoms. The van der Waals surface area contributed by atoms with Crippen molar-refractivity contribution in [1.29, 1.82) is 0 Å². The van der Waals surface area contributed by atoms with Crippen LogP contribution < -0.4 is 0 Å². The van der Waals surface area contributed by atoms with Gasteiger partial charge in [-0.3, -0.25) is 12.8 Å². The average Bonchev–Trinajstić information content (AvgIpc) is 2.15. The van der Waals surface area contributed by atoms with Crippen LogP contribution in [0.3, 0.4) is 0 Å². The van der Waals surface area contributed by atoms with Crippen molar-refractivity contribution in [3.05, 3.63) is 30.6 Å². The van der Waals surface area contributed by atoms with Crippen LogP contribution in [0.1, 0.15) is 26.7 Å². The molecule has 0 amide bonds. The maximum Gasteiger partial charge on any atom is 2.00 e. The molecule has 0 fully saturated rings. The summed E-state index contributed by atoms with van der Waals surface area (Å²) < 4.78 is 58.1. The van der Waals surface area contributed by atoms with Crippen molar-refractivity contribution in [2.24, 2.45) is 0 Å². The van der Waals surface area contributed by atoms with Gasteiger partial charge in [0.2, 0.25) is 0 Å². The van der Waals surface area contributed by atoms with E-state index in [9.17, 15) is 26.7 Å². The fourth-order valence-electron chi connectivity index (χ4n) is 0.677. The molecule has 0 aliphatic carbocycles. The number of hydrogen-bond donors (Lipinski definition) is 1. The fraction of sp³-hybridized carbons (Fsp3) is 0.455. The number of rotatable bonds is 5. The summed E-state index contributed by atoms with van der Waals surface area (Å²) in [6.45, 7) is 5.98. The third-order valence-corrected chi connectivity index (χ3v) is 1.41. The molecule has 0 aromatic heterocycles. The number of hydrogen-bond acceptors (Lipinski definition) is 2. The molecule has 0 unspecified atom stereocenters. The smallest absolute Gasteiger partial charge is 0.557 e. The molecule has 0 saturated heterocycles. The second kappa shape index (κ2) is 15.0. The van der Waals surface area contributed by atoms with Crippen LogP contribution in [-0.2, 0) is 4.79 Å². The van der Waals surface area contributed by atoms with Gasteiger partial charge in [-0.05, 0) is 12.7 Å². The number of halogens is 5. The predicted octanol–water partition coefficient (Wildman–Crippen LogP) is 3.93. The molecule has 0 heterocycles. The Labute approximate surface area is 162 Å². The molecule has 20 heavy (non-hydrogen) atoms. The van der Waals surface area contributed by atoms with E-state index in [0.29, 0.717) is 5.57 Å². The summed E-state index contributed by atoms with van der Waals surface area (Å²) in [5.74, 6) is -0.130. The van der Waals surface area contributed by atoms with Crippen LogP contribution in [0.15, 0.2) is 12.2 Å². The SMILES string of the molecule is C=C(C)[C-]=O.C[C-](C[C-](F)F)C[C-](O)C(F)(F)F.[U+2].[U+2]. The van der Waals surface area contributed by atoms with E-state index < -0.39 is 31.5 Å². The van der Waals surface area contributed by atoms with Gasteiger partial charge < -0.3 is 24.6 Å². The van der Waals surface area contributed by atoms with E-state index in [2.05, 4.69) is 6.58 Å². The van der Waals surface area contributed by atoms with E-state index in [1.807, 2.05) is 0 Å². The van der Waals surface area contributed by atoms with Crippen molar-refractivity contribution in [1.82, 2.24) is 0 Å². The molecular formula is C11H13F5O2U2. The van der Waals surface area contributed by atoms with E-state index >= 15 is 0 Å². The predicted molar refractivity (Wildman–Crippen MR) is 55.4 cm³/mol. The van der Waals surface area contributed by atoms with Crippen molar-refractivity contribution in [2.75, 3.05) is 0 Å². The van der Waals surface area contributed by atoms with Gasteiger partial charge in [0, 0.05) is 0 Å². The quantitative estimate of drug-likeness (QED) is 0.263. The second-order valence-corrected chi connectivity index (χ2v) is 3.48. The Bertz CT molecular complexity index is 260. The van der Waals surface area contributed by atoms with Gasteiger partial charge in [0.25, 0.3) is 6.18 Å². The molecule has 0 aromatic carbocycles. The van der Waals surface area contributed by atoms with Crippen LogP contribution in [0.25, 0.3) is 0 Å². The first-order valence-corrected chi connectivity index (χ1v) is 4.64. The van der Waals surface area contributed by atoms with E-state index in [1.165, 1.54) is 0 Å². The van der Waals surface area contributed by atoms with Crippen LogP contribution in [0, 0.1) is 80.7 Å². The molecule has 0 aliphatic heterocycles. The Morgan fingerprint density at radius 1 is 1.25 bits per heavy atom. The molecule has 1 N–H and O–H groups in total. The summed E-state index contributed by atoms with van der Waals surface area (Å²) >= 11 is 0.